The van der Waals surface area contributed by atoms with Crippen LogP contribution in [0.15, 0.2) is 24.5 Å². The van der Waals surface area contributed by atoms with Gasteiger partial charge in [0.2, 0.25) is 0 Å². The minimum Gasteiger partial charge on any atom is -0.307 e. The van der Waals surface area contributed by atoms with Crippen LogP contribution in [0, 0.1) is 0 Å². The summed E-state index contributed by atoms with van der Waals surface area (Å²) in [6.45, 7) is 2.89. The smallest absolute Gasteiger partial charge is 0.141 e. The van der Waals surface area contributed by atoms with E-state index in [1.54, 1.807) is 6.07 Å². The molecule has 1 heterocycles. The fraction of sp³-hybridized carbons (Fsp3) is 0.333. The number of nitrogens with zero attached hydrogens (tertiary/aromatic N) is 2. The van der Waals surface area contributed by atoms with Gasteiger partial charge in [-0.15, -0.1) is 0 Å². The quantitative estimate of drug-likeness (QED) is 0.888. The molecule has 0 aliphatic carbocycles. The first kappa shape index (κ1) is 13.3. The average molecular weight is 285 g/mol. The standard InChI is InChI=1S/C12H14Cl2N4/c1-2-15-11(12-16-7-17-18-12)5-8-3-4-9(13)6-10(8)14/h3-4,6-7,11,15H,2,5H2,1H3,(H,16,17,18). The molecular formula is C12H14Cl2N4. The number of rotatable bonds is 5. The molecule has 0 spiro atoms. The molecule has 0 saturated carbocycles. The molecule has 1 atom stereocenters. The lowest BCUT2D eigenvalue weighted by molar-refractivity contribution is 0.523. The van der Waals surface area contributed by atoms with Gasteiger partial charge in [-0.25, -0.2) is 4.98 Å². The Labute approximate surface area is 116 Å². The van der Waals surface area contributed by atoms with Crippen LogP contribution in [0.4, 0.5) is 0 Å². The molecule has 2 aromatic rings. The lowest BCUT2D eigenvalue weighted by Crippen LogP contribution is -2.24. The molecule has 4 nitrogen and oxygen atoms in total. The van der Waals surface area contributed by atoms with E-state index in [0.717, 1.165) is 24.4 Å². The van der Waals surface area contributed by atoms with Gasteiger partial charge >= 0.3 is 0 Å². The van der Waals surface area contributed by atoms with Gasteiger partial charge in [-0.05, 0) is 30.7 Å². The van der Waals surface area contributed by atoms with Gasteiger partial charge in [0.25, 0.3) is 0 Å². The van der Waals surface area contributed by atoms with E-state index >= 15 is 0 Å². The Hall–Kier alpha value is -1.10. The van der Waals surface area contributed by atoms with Gasteiger partial charge in [-0.3, -0.25) is 5.10 Å². The number of nitrogens with one attached hydrogen (secondary N) is 2. The number of halogens is 2. The van der Waals surface area contributed by atoms with Crippen molar-refractivity contribution < 1.29 is 0 Å². The Morgan fingerprint density at radius 2 is 2.22 bits per heavy atom. The van der Waals surface area contributed by atoms with Crippen LogP contribution in [0.5, 0.6) is 0 Å². The zero-order valence-electron chi connectivity index (χ0n) is 9.95. The number of benzene rings is 1. The van der Waals surface area contributed by atoms with Gasteiger partial charge in [0.05, 0.1) is 6.04 Å². The highest BCUT2D eigenvalue weighted by Gasteiger charge is 2.15. The van der Waals surface area contributed by atoms with Crippen LogP contribution in [0.3, 0.4) is 0 Å². The molecular weight excluding hydrogens is 271 g/mol. The summed E-state index contributed by atoms with van der Waals surface area (Å²) < 4.78 is 0. The number of aromatic amines is 1. The molecule has 1 aromatic heterocycles. The predicted octanol–water partition coefficient (Wildman–Crippen LogP) is 3.00. The van der Waals surface area contributed by atoms with Crippen molar-refractivity contribution in [3.8, 4) is 0 Å². The van der Waals surface area contributed by atoms with Crippen molar-refractivity contribution in [1.29, 1.82) is 0 Å². The van der Waals surface area contributed by atoms with E-state index in [1.165, 1.54) is 6.33 Å². The molecule has 2 N–H and O–H groups in total. The van der Waals surface area contributed by atoms with Crippen molar-refractivity contribution in [2.75, 3.05) is 6.54 Å². The van der Waals surface area contributed by atoms with Crippen molar-refractivity contribution in [2.45, 2.75) is 19.4 Å². The number of H-pyrrole nitrogens is 1. The molecule has 0 amide bonds. The van der Waals surface area contributed by atoms with E-state index < -0.39 is 0 Å². The first-order valence-corrected chi connectivity index (χ1v) is 6.49. The van der Waals surface area contributed by atoms with Crippen LogP contribution in [-0.2, 0) is 6.42 Å². The van der Waals surface area contributed by atoms with Gasteiger partial charge in [-0.2, -0.15) is 5.10 Å². The topological polar surface area (TPSA) is 53.6 Å². The largest absolute Gasteiger partial charge is 0.307 e. The Morgan fingerprint density at radius 3 is 2.83 bits per heavy atom. The summed E-state index contributed by atoms with van der Waals surface area (Å²) in [5.74, 6) is 0.808. The molecule has 0 aliphatic rings. The molecule has 18 heavy (non-hydrogen) atoms. The zero-order chi connectivity index (χ0) is 13.0. The summed E-state index contributed by atoms with van der Waals surface area (Å²) in [6.07, 6.45) is 2.24. The minimum atomic E-state index is 0.0659. The maximum absolute atomic E-state index is 6.18. The number of likely N-dealkylation sites (N-methyl/N-ethyl adjacent to an activating group) is 1. The van der Waals surface area contributed by atoms with Gasteiger partial charge in [0, 0.05) is 10.0 Å². The normalized spacial score (nSPS) is 12.6. The second kappa shape index (κ2) is 6.18. The summed E-state index contributed by atoms with van der Waals surface area (Å²) in [5, 5.41) is 11.4. The third kappa shape index (κ3) is 3.22. The highest BCUT2D eigenvalue weighted by molar-refractivity contribution is 6.35. The number of hydrogen-bond acceptors (Lipinski definition) is 3. The van der Waals surface area contributed by atoms with Crippen LogP contribution in [0.25, 0.3) is 0 Å². The fourth-order valence-corrected chi connectivity index (χ4v) is 2.29. The highest BCUT2D eigenvalue weighted by atomic mass is 35.5. The van der Waals surface area contributed by atoms with Gasteiger partial charge < -0.3 is 5.32 Å². The lowest BCUT2D eigenvalue weighted by Gasteiger charge is -2.16. The monoisotopic (exact) mass is 284 g/mol. The Bertz CT molecular complexity index is 499. The molecule has 0 bridgehead atoms. The summed E-state index contributed by atoms with van der Waals surface area (Å²) in [7, 11) is 0. The van der Waals surface area contributed by atoms with Gasteiger partial charge in [0.1, 0.15) is 12.2 Å². The predicted molar refractivity (Wildman–Crippen MR) is 73.0 cm³/mol. The van der Waals surface area contributed by atoms with Crippen molar-refractivity contribution in [1.82, 2.24) is 20.5 Å². The number of hydrogen-bond donors (Lipinski definition) is 2. The van der Waals surface area contributed by atoms with E-state index in [9.17, 15) is 0 Å². The van der Waals surface area contributed by atoms with Gasteiger partial charge in [0.15, 0.2) is 0 Å². The second-order valence-electron chi connectivity index (χ2n) is 3.92. The van der Waals surface area contributed by atoms with E-state index in [0.29, 0.717) is 10.0 Å². The van der Waals surface area contributed by atoms with Crippen LogP contribution in [-0.4, -0.2) is 21.7 Å². The molecule has 1 aromatic carbocycles. The molecule has 0 aliphatic heterocycles. The fourth-order valence-electron chi connectivity index (χ4n) is 1.80. The Morgan fingerprint density at radius 1 is 1.39 bits per heavy atom. The number of aromatic nitrogens is 3. The molecule has 96 valence electrons. The minimum absolute atomic E-state index is 0.0659. The molecule has 0 radical (unpaired) electrons. The second-order valence-corrected chi connectivity index (χ2v) is 4.76. The summed E-state index contributed by atoms with van der Waals surface area (Å²) in [5.41, 5.74) is 1.03. The van der Waals surface area contributed by atoms with Crippen molar-refractivity contribution in [3.63, 3.8) is 0 Å². The summed E-state index contributed by atoms with van der Waals surface area (Å²) in [6, 6.07) is 5.59. The van der Waals surface area contributed by atoms with E-state index in [4.69, 9.17) is 23.2 Å². The molecule has 0 saturated heterocycles. The van der Waals surface area contributed by atoms with E-state index in [-0.39, 0.29) is 6.04 Å². The Kier molecular flexibility index (Phi) is 4.58. The summed E-state index contributed by atoms with van der Waals surface area (Å²) >= 11 is 12.1. The SMILES string of the molecule is CCNC(Cc1ccc(Cl)cc1Cl)c1ncn[nH]1. The van der Waals surface area contributed by atoms with E-state index in [1.807, 2.05) is 19.1 Å². The third-order valence-electron chi connectivity index (χ3n) is 2.65. The van der Waals surface area contributed by atoms with Crippen molar-refractivity contribution >= 4 is 23.2 Å². The third-order valence-corrected chi connectivity index (χ3v) is 3.24. The van der Waals surface area contributed by atoms with Crippen LogP contribution < -0.4 is 5.32 Å². The first-order chi connectivity index (χ1) is 8.70. The lowest BCUT2D eigenvalue weighted by atomic mass is 10.1. The first-order valence-electron chi connectivity index (χ1n) is 5.73. The Balaban J connectivity index is 2.18. The highest BCUT2D eigenvalue weighted by Crippen LogP contribution is 2.25. The van der Waals surface area contributed by atoms with Gasteiger partial charge in [-0.1, -0.05) is 36.2 Å². The van der Waals surface area contributed by atoms with Crippen molar-refractivity contribution in [2.24, 2.45) is 0 Å². The summed E-state index contributed by atoms with van der Waals surface area (Å²) in [4.78, 5) is 4.18. The average Bonchev–Trinajstić information content (AvgIpc) is 2.85. The molecule has 2 rings (SSSR count). The maximum atomic E-state index is 6.18. The van der Waals surface area contributed by atoms with E-state index in [2.05, 4.69) is 20.5 Å². The molecule has 6 heteroatoms. The van der Waals surface area contributed by atoms with Crippen molar-refractivity contribution in [3.05, 3.63) is 46.0 Å². The zero-order valence-corrected chi connectivity index (χ0v) is 11.5. The van der Waals surface area contributed by atoms with Crippen LogP contribution >= 0.6 is 23.2 Å². The van der Waals surface area contributed by atoms with Crippen LogP contribution in [0.2, 0.25) is 10.0 Å². The molecule has 1 unspecified atom stereocenters. The molecule has 0 fully saturated rings. The van der Waals surface area contributed by atoms with Crippen LogP contribution in [0.1, 0.15) is 24.4 Å². The maximum Gasteiger partial charge on any atom is 0.141 e.